The van der Waals surface area contributed by atoms with Crippen LogP contribution in [0.5, 0.6) is 0 Å². The number of aromatic nitrogens is 2. The molecule has 2 heterocycles. The molecule has 4 nitrogen and oxygen atoms in total. The Morgan fingerprint density at radius 1 is 1.40 bits per heavy atom. The molecule has 0 atom stereocenters. The van der Waals surface area contributed by atoms with Crippen molar-refractivity contribution in [1.82, 2.24) is 14.9 Å². The van der Waals surface area contributed by atoms with E-state index < -0.39 is 0 Å². The quantitative estimate of drug-likeness (QED) is 0.803. The summed E-state index contributed by atoms with van der Waals surface area (Å²) in [5, 5.41) is 2.07. The summed E-state index contributed by atoms with van der Waals surface area (Å²) in [5.74, 6) is 0.0177. The van der Waals surface area contributed by atoms with E-state index in [0.717, 1.165) is 20.8 Å². The lowest BCUT2D eigenvalue weighted by atomic mass is 10.1. The van der Waals surface area contributed by atoms with Crippen molar-refractivity contribution in [2.45, 2.75) is 13.5 Å². The van der Waals surface area contributed by atoms with Crippen LogP contribution in [0.1, 0.15) is 20.2 Å². The first-order valence-corrected chi connectivity index (χ1v) is 7.19. The van der Waals surface area contributed by atoms with Crippen LogP contribution in [-0.2, 0) is 6.54 Å². The fourth-order valence-corrected chi connectivity index (χ4v) is 3.10. The number of thiazole rings is 1. The topological polar surface area (TPSA) is 49.0 Å². The van der Waals surface area contributed by atoms with Crippen LogP contribution >= 0.6 is 11.3 Å². The van der Waals surface area contributed by atoms with Crippen LogP contribution in [0.15, 0.2) is 36.7 Å². The number of aryl methyl sites for hydroxylation is 1. The number of benzene rings is 1. The second-order valence-corrected chi connectivity index (χ2v) is 6.07. The van der Waals surface area contributed by atoms with Gasteiger partial charge in [-0.05, 0) is 19.1 Å². The van der Waals surface area contributed by atoms with Crippen molar-refractivity contribution in [3.63, 3.8) is 0 Å². The average Bonchev–Trinajstić information content (AvgIpc) is 3.06. The van der Waals surface area contributed by atoms with Gasteiger partial charge in [0.1, 0.15) is 0 Å². The van der Waals surface area contributed by atoms with E-state index in [9.17, 15) is 4.79 Å². The highest BCUT2D eigenvalue weighted by Gasteiger charge is 2.16. The molecule has 3 aromatic rings. The van der Waals surface area contributed by atoms with Crippen molar-refractivity contribution in [2.75, 3.05) is 7.05 Å². The maximum Gasteiger partial charge on any atom is 0.256 e. The summed E-state index contributed by atoms with van der Waals surface area (Å²) in [5.41, 5.74) is 1.60. The predicted octanol–water partition coefficient (Wildman–Crippen LogP) is 3.21. The third-order valence-corrected chi connectivity index (χ3v) is 4.12. The Kier molecular flexibility index (Phi) is 3.28. The predicted molar refractivity (Wildman–Crippen MR) is 80.9 cm³/mol. The number of para-hydroxylation sites is 1. The zero-order valence-electron chi connectivity index (χ0n) is 11.4. The second kappa shape index (κ2) is 5.09. The van der Waals surface area contributed by atoms with Crippen LogP contribution in [0.25, 0.3) is 10.9 Å². The molecule has 0 saturated heterocycles. The molecule has 3 rings (SSSR count). The monoisotopic (exact) mass is 285 g/mol. The lowest BCUT2D eigenvalue weighted by molar-refractivity contribution is 0.0788. The van der Waals surface area contributed by atoms with E-state index in [2.05, 4.69) is 9.97 Å². The molecule has 20 heavy (non-hydrogen) atoms. The van der Waals surface area contributed by atoms with Gasteiger partial charge in [-0.1, -0.05) is 12.1 Å². The highest BCUT2D eigenvalue weighted by atomic mass is 32.1. The summed E-state index contributed by atoms with van der Waals surface area (Å²) in [4.78, 5) is 22.7. The van der Waals surface area contributed by atoms with Gasteiger partial charge in [-0.15, -0.1) is 11.3 Å². The number of hydrogen-bond donors (Lipinski definition) is 1. The van der Waals surface area contributed by atoms with Crippen LogP contribution in [-0.4, -0.2) is 27.8 Å². The van der Waals surface area contributed by atoms with E-state index in [-0.39, 0.29) is 5.91 Å². The molecule has 0 spiro atoms. The first kappa shape index (κ1) is 12.9. The summed E-state index contributed by atoms with van der Waals surface area (Å²) in [6, 6.07) is 7.73. The van der Waals surface area contributed by atoms with Gasteiger partial charge >= 0.3 is 0 Å². The smallest absolute Gasteiger partial charge is 0.256 e. The van der Waals surface area contributed by atoms with Gasteiger partial charge in [-0.3, -0.25) is 4.79 Å². The standard InChI is InChI=1S/C15H15N3OS/c1-10-17-8-12(20-10)9-18(2)15(19)13-5-3-4-11-6-7-16-14(11)13/h3-8,16H,9H2,1-2H3. The second-order valence-electron chi connectivity index (χ2n) is 4.75. The van der Waals surface area contributed by atoms with Gasteiger partial charge in [0, 0.05) is 29.7 Å². The molecule has 0 radical (unpaired) electrons. The molecule has 1 aromatic carbocycles. The summed E-state index contributed by atoms with van der Waals surface area (Å²) in [6.45, 7) is 2.55. The van der Waals surface area contributed by atoms with Crippen LogP contribution in [0.2, 0.25) is 0 Å². The van der Waals surface area contributed by atoms with E-state index in [4.69, 9.17) is 0 Å². The molecular weight excluding hydrogens is 270 g/mol. The molecular formula is C15H15N3OS. The number of carbonyl (C=O) groups is 1. The van der Waals surface area contributed by atoms with Crippen molar-refractivity contribution in [2.24, 2.45) is 0 Å². The van der Waals surface area contributed by atoms with Crippen molar-refractivity contribution in [1.29, 1.82) is 0 Å². The zero-order chi connectivity index (χ0) is 14.1. The lowest BCUT2D eigenvalue weighted by Gasteiger charge is -2.16. The highest BCUT2D eigenvalue weighted by molar-refractivity contribution is 7.11. The number of fused-ring (bicyclic) bond motifs is 1. The lowest BCUT2D eigenvalue weighted by Crippen LogP contribution is -2.26. The van der Waals surface area contributed by atoms with Crippen LogP contribution < -0.4 is 0 Å². The van der Waals surface area contributed by atoms with Crippen molar-refractivity contribution >= 4 is 28.1 Å². The Morgan fingerprint density at radius 2 is 2.25 bits per heavy atom. The Bertz CT molecular complexity index is 759. The van der Waals surface area contributed by atoms with Crippen LogP contribution in [0.3, 0.4) is 0 Å². The Balaban J connectivity index is 1.86. The molecule has 102 valence electrons. The number of nitrogens with zero attached hydrogens (tertiary/aromatic N) is 2. The first-order chi connectivity index (χ1) is 9.65. The molecule has 0 aliphatic heterocycles. The van der Waals surface area contributed by atoms with E-state index in [1.54, 1.807) is 16.2 Å². The first-order valence-electron chi connectivity index (χ1n) is 6.38. The number of aromatic amines is 1. The van der Waals surface area contributed by atoms with Gasteiger partial charge < -0.3 is 9.88 Å². The van der Waals surface area contributed by atoms with Gasteiger partial charge in [0.15, 0.2) is 0 Å². The summed E-state index contributed by atoms with van der Waals surface area (Å²) in [6.07, 6.45) is 3.69. The SMILES string of the molecule is Cc1ncc(CN(C)C(=O)c2cccc3cc[nH]c23)s1. The largest absolute Gasteiger partial charge is 0.361 e. The van der Waals surface area contributed by atoms with Gasteiger partial charge in [0.2, 0.25) is 0 Å². The Hall–Kier alpha value is -2.14. The Labute approximate surface area is 121 Å². The summed E-state index contributed by atoms with van der Waals surface area (Å²) in [7, 11) is 1.82. The molecule has 0 bridgehead atoms. The summed E-state index contributed by atoms with van der Waals surface area (Å²) < 4.78 is 0. The van der Waals surface area contributed by atoms with Gasteiger partial charge in [0.25, 0.3) is 5.91 Å². The van der Waals surface area contributed by atoms with Gasteiger partial charge in [-0.25, -0.2) is 4.98 Å². The molecule has 2 aromatic heterocycles. The van der Waals surface area contributed by atoms with E-state index in [0.29, 0.717) is 12.1 Å². The Morgan fingerprint density at radius 3 is 3.00 bits per heavy atom. The maximum absolute atomic E-state index is 12.6. The average molecular weight is 285 g/mol. The zero-order valence-corrected chi connectivity index (χ0v) is 12.2. The summed E-state index contributed by atoms with van der Waals surface area (Å²) >= 11 is 1.62. The fourth-order valence-electron chi connectivity index (χ4n) is 2.25. The third-order valence-electron chi connectivity index (χ3n) is 3.23. The number of carbonyl (C=O) groups excluding carboxylic acids is 1. The molecule has 0 aliphatic rings. The molecule has 1 N–H and O–H groups in total. The molecule has 0 unspecified atom stereocenters. The minimum absolute atomic E-state index is 0.0177. The minimum Gasteiger partial charge on any atom is -0.361 e. The minimum atomic E-state index is 0.0177. The van der Waals surface area contributed by atoms with Crippen molar-refractivity contribution < 1.29 is 4.79 Å². The normalized spacial score (nSPS) is 10.9. The number of amides is 1. The van der Waals surface area contributed by atoms with E-state index in [1.165, 1.54) is 0 Å². The number of hydrogen-bond acceptors (Lipinski definition) is 3. The number of H-pyrrole nitrogens is 1. The number of rotatable bonds is 3. The maximum atomic E-state index is 12.6. The van der Waals surface area contributed by atoms with Gasteiger partial charge in [0.05, 0.1) is 22.6 Å². The molecule has 0 saturated carbocycles. The molecule has 0 aliphatic carbocycles. The van der Waals surface area contributed by atoms with Crippen molar-refractivity contribution in [3.05, 3.63) is 52.1 Å². The van der Waals surface area contributed by atoms with Gasteiger partial charge in [-0.2, -0.15) is 0 Å². The fraction of sp³-hybridized carbons (Fsp3) is 0.200. The van der Waals surface area contributed by atoms with E-state index >= 15 is 0 Å². The van der Waals surface area contributed by atoms with E-state index in [1.807, 2.05) is 50.6 Å². The molecule has 0 fully saturated rings. The third kappa shape index (κ3) is 2.32. The van der Waals surface area contributed by atoms with Crippen LogP contribution in [0, 0.1) is 6.92 Å². The molecule has 1 amide bonds. The van der Waals surface area contributed by atoms with Crippen molar-refractivity contribution in [3.8, 4) is 0 Å². The van der Waals surface area contributed by atoms with Crippen LogP contribution in [0.4, 0.5) is 0 Å². The highest BCUT2D eigenvalue weighted by Crippen LogP contribution is 2.20. The number of nitrogens with one attached hydrogen (secondary N) is 1. The molecule has 5 heteroatoms.